The topological polar surface area (TPSA) is 27.0 Å². The Hall–Kier alpha value is -0.810. The summed E-state index contributed by atoms with van der Waals surface area (Å²) in [6, 6.07) is 2.71. The van der Waals surface area contributed by atoms with Crippen molar-refractivity contribution >= 4 is 0 Å². The van der Waals surface area contributed by atoms with E-state index in [0.29, 0.717) is 11.8 Å². The molecule has 0 amide bonds. The van der Waals surface area contributed by atoms with Crippen LogP contribution in [0, 0.1) is 23.2 Å². The average Bonchev–Trinajstić information content (AvgIpc) is 2.70. The Bertz CT molecular complexity index is 307. The highest BCUT2D eigenvalue weighted by atomic mass is 15.2. The molecule has 0 radical (unpaired) electrons. The maximum absolute atomic E-state index is 9.40. The quantitative estimate of drug-likeness (QED) is 0.666. The zero-order chi connectivity index (χ0) is 11.5. The summed E-state index contributed by atoms with van der Waals surface area (Å²) < 4.78 is 0. The normalized spacial score (nSPS) is 33.2. The van der Waals surface area contributed by atoms with Crippen LogP contribution in [-0.4, -0.2) is 24.0 Å². The SMILES string of the molecule is CC1=CC(C)CC(C(C#N)N2CCCC2)C1. The first-order valence-corrected chi connectivity index (χ1v) is 6.51. The molecule has 0 bridgehead atoms. The molecular weight excluding hydrogens is 196 g/mol. The number of hydrogen-bond donors (Lipinski definition) is 0. The van der Waals surface area contributed by atoms with Gasteiger partial charge in [-0.15, -0.1) is 0 Å². The number of rotatable bonds is 2. The fourth-order valence-corrected chi connectivity index (χ4v) is 3.34. The van der Waals surface area contributed by atoms with E-state index in [-0.39, 0.29) is 6.04 Å². The Morgan fingerprint density at radius 1 is 1.44 bits per heavy atom. The van der Waals surface area contributed by atoms with Gasteiger partial charge in [0.15, 0.2) is 0 Å². The van der Waals surface area contributed by atoms with Gasteiger partial charge in [-0.3, -0.25) is 4.90 Å². The first kappa shape index (κ1) is 11.7. The molecule has 88 valence electrons. The molecule has 3 unspecified atom stereocenters. The summed E-state index contributed by atoms with van der Waals surface area (Å²) in [4.78, 5) is 2.40. The number of nitrogens with zero attached hydrogens (tertiary/aromatic N) is 2. The summed E-state index contributed by atoms with van der Waals surface area (Å²) in [5.41, 5.74) is 1.48. The third kappa shape index (κ3) is 2.47. The lowest BCUT2D eigenvalue weighted by Crippen LogP contribution is -2.39. The Kier molecular flexibility index (Phi) is 3.66. The molecular formula is C14H22N2. The van der Waals surface area contributed by atoms with Gasteiger partial charge in [0.1, 0.15) is 6.04 Å². The van der Waals surface area contributed by atoms with Crippen LogP contribution in [0.25, 0.3) is 0 Å². The van der Waals surface area contributed by atoms with Crippen LogP contribution >= 0.6 is 0 Å². The molecule has 0 spiro atoms. The van der Waals surface area contributed by atoms with E-state index in [1.807, 2.05) is 0 Å². The van der Waals surface area contributed by atoms with Crippen molar-refractivity contribution < 1.29 is 0 Å². The van der Waals surface area contributed by atoms with Gasteiger partial charge in [0.05, 0.1) is 6.07 Å². The van der Waals surface area contributed by atoms with Gasteiger partial charge in [-0.05, 0) is 57.5 Å². The van der Waals surface area contributed by atoms with Crippen LogP contribution in [0.2, 0.25) is 0 Å². The van der Waals surface area contributed by atoms with Gasteiger partial charge in [-0.2, -0.15) is 5.26 Å². The second-order valence-corrected chi connectivity index (χ2v) is 5.51. The molecule has 0 aromatic carbocycles. The van der Waals surface area contributed by atoms with Crippen molar-refractivity contribution in [3.63, 3.8) is 0 Å². The Balaban J connectivity index is 2.05. The molecule has 16 heavy (non-hydrogen) atoms. The van der Waals surface area contributed by atoms with E-state index in [1.165, 1.54) is 24.8 Å². The zero-order valence-corrected chi connectivity index (χ0v) is 10.4. The van der Waals surface area contributed by atoms with Crippen LogP contribution in [0.5, 0.6) is 0 Å². The largest absolute Gasteiger partial charge is 0.288 e. The molecule has 1 aliphatic carbocycles. The lowest BCUT2D eigenvalue weighted by atomic mass is 9.79. The molecule has 1 aliphatic heterocycles. The third-order valence-electron chi connectivity index (χ3n) is 3.94. The van der Waals surface area contributed by atoms with E-state index in [1.54, 1.807) is 0 Å². The Morgan fingerprint density at radius 2 is 2.12 bits per heavy atom. The van der Waals surface area contributed by atoms with Gasteiger partial charge >= 0.3 is 0 Å². The van der Waals surface area contributed by atoms with Crippen molar-refractivity contribution in [1.82, 2.24) is 4.90 Å². The van der Waals surface area contributed by atoms with Gasteiger partial charge in [0.2, 0.25) is 0 Å². The van der Waals surface area contributed by atoms with Crippen molar-refractivity contribution in [3.05, 3.63) is 11.6 Å². The van der Waals surface area contributed by atoms with Crippen LogP contribution in [-0.2, 0) is 0 Å². The van der Waals surface area contributed by atoms with E-state index < -0.39 is 0 Å². The van der Waals surface area contributed by atoms with Crippen LogP contribution in [0.3, 0.4) is 0 Å². The molecule has 2 nitrogen and oxygen atoms in total. The predicted octanol–water partition coefficient (Wildman–Crippen LogP) is 2.97. The van der Waals surface area contributed by atoms with E-state index in [9.17, 15) is 5.26 Å². The highest BCUT2D eigenvalue weighted by molar-refractivity contribution is 5.11. The zero-order valence-electron chi connectivity index (χ0n) is 10.4. The second-order valence-electron chi connectivity index (χ2n) is 5.51. The summed E-state index contributed by atoms with van der Waals surface area (Å²) in [6.07, 6.45) is 7.23. The number of likely N-dealkylation sites (tertiary alicyclic amines) is 1. The lowest BCUT2D eigenvalue weighted by Gasteiger charge is -2.33. The van der Waals surface area contributed by atoms with E-state index >= 15 is 0 Å². The molecule has 0 aromatic heterocycles. The summed E-state index contributed by atoms with van der Waals surface area (Å²) >= 11 is 0. The van der Waals surface area contributed by atoms with Crippen molar-refractivity contribution in [2.24, 2.45) is 11.8 Å². The third-order valence-corrected chi connectivity index (χ3v) is 3.94. The standard InChI is InChI=1S/C14H22N2/c1-11-7-12(2)9-13(8-11)14(10-15)16-5-3-4-6-16/h7,11,13-14H,3-6,8-9H2,1-2H3. The van der Waals surface area contributed by atoms with E-state index in [4.69, 9.17) is 0 Å². The molecule has 1 saturated heterocycles. The maximum atomic E-state index is 9.40. The predicted molar refractivity (Wildman–Crippen MR) is 65.9 cm³/mol. The van der Waals surface area contributed by atoms with Crippen molar-refractivity contribution in [3.8, 4) is 6.07 Å². The van der Waals surface area contributed by atoms with Gasteiger partial charge in [-0.1, -0.05) is 18.6 Å². The number of nitriles is 1. The first-order chi connectivity index (χ1) is 7.70. The minimum Gasteiger partial charge on any atom is -0.288 e. The van der Waals surface area contributed by atoms with Gasteiger partial charge < -0.3 is 0 Å². The maximum Gasteiger partial charge on any atom is 0.101 e. The lowest BCUT2D eigenvalue weighted by molar-refractivity contribution is 0.196. The Labute approximate surface area is 98.9 Å². The molecule has 2 heteroatoms. The number of hydrogen-bond acceptors (Lipinski definition) is 2. The van der Waals surface area contributed by atoms with Crippen LogP contribution in [0.4, 0.5) is 0 Å². The number of allylic oxidation sites excluding steroid dienone is 2. The molecule has 0 N–H and O–H groups in total. The van der Waals surface area contributed by atoms with Gasteiger partial charge in [0, 0.05) is 0 Å². The smallest absolute Gasteiger partial charge is 0.101 e. The minimum absolute atomic E-state index is 0.161. The van der Waals surface area contributed by atoms with Crippen molar-refractivity contribution in [1.29, 1.82) is 5.26 Å². The minimum atomic E-state index is 0.161. The summed E-state index contributed by atoms with van der Waals surface area (Å²) in [5.74, 6) is 1.21. The fourth-order valence-electron chi connectivity index (χ4n) is 3.34. The molecule has 0 aromatic rings. The highest BCUT2D eigenvalue weighted by Gasteiger charge is 2.31. The highest BCUT2D eigenvalue weighted by Crippen LogP contribution is 2.33. The van der Waals surface area contributed by atoms with Crippen LogP contribution in [0.15, 0.2) is 11.6 Å². The Morgan fingerprint density at radius 3 is 2.69 bits per heavy atom. The monoisotopic (exact) mass is 218 g/mol. The molecule has 2 rings (SSSR count). The van der Waals surface area contributed by atoms with Crippen molar-refractivity contribution in [2.75, 3.05) is 13.1 Å². The molecule has 1 heterocycles. The molecule has 0 saturated carbocycles. The van der Waals surface area contributed by atoms with Gasteiger partial charge in [0.25, 0.3) is 0 Å². The average molecular weight is 218 g/mol. The van der Waals surface area contributed by atoms with Crippen LogP contribution in [0.1, 0.15) is 39.5 Å². The molecule has 1 fully saturated rings. The summed E-state index contributed by atoms with van der Waals surface area (Å²) in [6.45, 7) is 6.74. The van der Waals surface area contributed by atoms with Gasteiger partial charge in [-0.25, -0.2) is 0 Å². The molecule has 2 aliphatic rings. The fraction of sp³-hybridized carbons (Fsp3) is 0.786. The first-order valence-electron chi connectivity index (χ1n) is 6.51. The van der Waals surface area contributed by atoms with E-state index in [0.717, 1.165) is 19.5 Å². The summed E-state index contributed by atoms with van der Waals surface area (Å²) in [5, 5.41) is 9.40. The van der Waals surface area contributed by atoms with Crippen LogP contribution < -0.4 is 0 Å². The van der Waals surface area contributed by atoms with Crippen molar-refractivity contribution in [2.45, 2.75) is 45.6 Å². The summed E-state index contributed by atoms with van der Waals surface area (Å²) in [7, 11) is 0. The van der Waals surface area contributed by atoms with E-state index in [2.05, 4.69) is 30.9 Å². The second kappa shape index (κ2) is 5.01. The molecule has 3 atom stereocenters.